The molecule has 1 aromatic rings. The molecule has 15 heavy (non-hydrogen) atoms. The van der Waals surface area contributed by atoms with E-state index in [2.05, 4.69) is 15.5 Å². The van der Waals surface area contributed by atoms with Gasteiger partial charge in [-0.3, -0.25) is 9.88 Å². The summed E-state index contributed by atoms with van der Waals surface area (Å²) >= 11 is 4.89. The molecule has 0 unspecified atom stereocenters. The molecule has 1 aromatic heterocycles. The van der Waals surface area contributed by atoms with Gasteiger partial charge in [-0.2, -0.15) is 0 Å². The number of carbonyl (C=O) groups excluding carboxylic acids is 1. The van der Waals surface area contributed by atoms with Crippen molar-refractivity contribution in [1.29, 1.82) is 0 Å². The van der Waals surface area contributed by atoms with Crippen LogP contribution in [-0.4, -0.2) is 26.5 Å². The maximum Gasteiger partial charge on any atom is 0.414 e. The first-order valence-electron chi connectivity index (χ1n) is 4.41. The Hall–Kier alpha value is -1.37. The average Bonchev–Trinajstić information content (AvgIpc) is 2.32. The molecule has 0 radical (unpaired) electrons. The highest BCUT2D eigenvalue weighted by molar-refractivity contribution is 7.71. The number of anilines is 1. The highest BCUT2D eigenvalue weighted by Gasteiger charge is 2.17. The molecule has 7 heteroatoms. The number of H-pyrrole nitrogens is 1. The van der Waals surface area contributed by atoms with Crippen molar-refractivity contribution < 1.29 is 9.53 Å². The van der Waals surface area contributed by atoms with Gasteiger partial charge in [0.1, 0.15) is 5.60 Å². The fourth-order valence-corrected chi connectivity index (χ4v) is 0.986. The molecule has 1 amide bonds. The minimum atomic E-state index is -0.556. The SMILES string of the molecule is Cn1c(NC(=O)OC(C)(C)C)n[nH]c1=S. The van der Waals surface area contributed by atoms with Crippen LogP contribution in [0.15, 0.2) is 0 Å². The van der Waals surface area contributed by atoms with Crippen LogP contribution in [0.5, 0.6) is 0 Å². The van der Waals surface area contributed by atoms with Gasteiger partial charge in [-0.1, -0.05) is 0 Å². The molecule has 0 aliphatic carbocycles. The first kappa shape index (κ1) is 11.7. The average molecular weight is 230 g/mol. The van der Waals surface area contributed by atoms with Crippen molar-refractivity contribution in [2.24, 2.45) is 7.05 Å². The van der Waals surface area contributed by atoms with Crippen molar-refractivity contribution in [3.63, 3.8) is 0 Å². The number of rotatable bonds is 1. The Morgan fingerprint density at radius 1 is 1.60 bits per heavy atom. The van der Waals surface area contributed by atoms with E-state index < -0.39 is 11.7 Å². The molecule has 0 aliphatic heterocycles. The van der Waals surface area contributed by atoms with Gasteiger partial charge in [0.2, 0.25) is 5.95 Å². The van der Waals surface area contributed by atoms with Crippen molar-refractivity contribution >= 4 is 24.3 Å². The number of ether oxygens (including phenoxy) is 1. The highest BCUT2D eigenvalue weighted by Crippen LogP contribution is 2.09. The normalized spacial score (nSPS) is 11.2. The van der Waals surface area contributed by atoms with Gasteiger partial charge in [0, 0.05) is 7.05 Å². The van der Waals surface area contributed by atoms with Gasteiger partial charge >= 0.3 is 6.09 Å². The number of amides is 1. The molecule has 0 aliphatic rings. The summed E-state index contributed by atoms with van der Waals surface area (Å²) in [5, 5.41) is 8.85. The number of hydrogen-bond acceptors (Lipinski definition) is 4. The zero-order valence-electron chi connectivity index (χ0n) is 9.12. The van der Waals surface area contributed by atoms with Gasteiger partial charge in [-0.25, -0.2) is 9.89 Å². The van der Waals surface area contributed by atoms with E-state index in [1.165, 1.54) is 0 Å². The molecule has 0 saturated heterocycles. The first-order chi connectivity index (χ1) is 6.79. The summed E-state index contributed by atoms with van der Waals surface area (Å²) in [7, 11) is 1.69. The molecule has 84 valence electrons. The Morgan fingerprint density at radius 3 is 2.60 bits per heavy atom. The second kappa shape index (κ2) is 4.01. The molecule has 0 atom stereocenters. The van der Waals surface area contributed by atoms with E-state index in [1.54, 1.807) is 32.4 Å². The molecular formula is C8H14N4O2S. The van der Waals surface area contributed by atoms with E-state index >= 15 is 0 Å². The Bertz CT molecular complexity index is 415. The quantitative estimate of drug-likeness (QED) is 0.722. The van der Waals surface area contributed by atoms with Crippen LogP contribution < -0.4 is 5.32 Å². The zero-order chi connectivity index (χ0) is 11.6. The first-order valence-corrected chi connectivity index (χ1v) is 4.82. The van der Waals surface area contributed by atoms with E-state index in [9.17, 15) is 4.79 Å². The summed E-state index contributed by atoms with van der Waals surface area (Å²) < 4.78 is 7.03. The molecule has 0 spiro atoms. The standard InChI is InChI=1S/C8H14N4O2S/c1-8(2,3)14-7(13)9-5-10-11-6(15)12(5)4/h1-4H3,(H,11,15)(H,9,10,13). The minimum absolute atomic E-state index is 0.328. The maximum atomic E-state index is 11.4. The van der Waals surface area contributed by atoms with Crippen LogP contribution in [-0.2, 0) is 11.8 Å². The third-order valence-corrected chi connectivity index (χ3v) is 1.86. The Kier molecular flexibility index (Phi) is 3.13. The molecule has 0 saturated carbocycles. The van der Waals surface area contributed by atoms with Crippen LogP contribution in [0.2, 0.25) is 0 Å². The number of nitrogens with zero attached hydrogens (tertiary/aromatic N) is 2. The molecular weight excluding hydrogens is 216 g/mol. The molecule has 2 N–H and O–H groups in total. The molecule has 1 heterocycles. The van der Waals surface area contributed by atoms with Crippen molar-refractivity contribution in [2.75, 3.05) is 5.32 Å². The van der Waals surface area contributed by atoms with E-state index in [0.717, 1.165) is 0 Å². The third-order valence-electron chi connectivity index (χ3n) is 1.49. The molecule has 0 bridgehead atoms. The topological polar surface area (TPSA) is 71.9 Å². The third kappa shape index (κ3) is 3.35. The van der Waals surface area contributed by atoms with Crippen LogP contribution in [0, 0.1) is 4.77 Å². The van der Waals surface area contributed by atoms with Crippen LogP contribution >= 0.6 is 12.2 Å². The van der Waals surface area contributed by atoms with Crippen LogP contribution in [0.25, 0.3) is 0 Å². The van der Waals surface area contributed by atoms with E-state index in [-0.39, 0.29) is 0 Å². The summed E-state index contributed by atoms with van der Waals surface area (Å²) in [6.07, 6.45) is -0.556. The number of aromatic nitrogens is 3. The molecule has 6 nitrogen and oxygen atoms in total. The van der Waals surface area contributed by atoms with Gasteiger partial charge < -0.3 is 4.74 Å². The fraction of sp³-hybridized carbons (Fsp3) is 0.625. The Balaban J connectivity index is 2.67. The maximum absolute atomic E-state index is 11.4. The predicted molar refractivity (Wildman–Crippen MR) is 58.2 cm³/mol. The molecule has 1 rings (SSSR count). The van der Waals surface area contributed by atoms with Crippen LogP contribution in [0.4, 0.5) is 10.7 Å². The van der Waals surface area contributed by atoms with E-state index in [1.807, 2.05) is 0 Å². The predicted octanol–water partition coefficient (Wildman–Crippen LogP) is 1.82. The zero-order valence-corrected chi connectivity index (χ0v) is 9.94. The van der Waals surface area contributed by atoms with Crippen molar-refractivity contribution in [3.8, 4) is 0 Å². The van der Waals surface area contributed by atoms with Gasteiger partial charge in [0.15, 0.2) is 4.77 Å². The highest BCUT2D eigenvalue weighted by atomic mass is 32.1. The van der Waals surface area contributed by atoms with Crippen molar-refractivity contribution in [2.45, 2.75) is 26.4 Å². The van der Waals surface area contributed by atoms with Crippen molar-refractivity contribution in [3.05, 3.63) is 4.77 Å². The van der Waals surface area contributed by atoms with Gasteiger partial charge in [0.05, 0.1) is 0 Å². The lowest BCUT2D eigenvalue weighted by Gasteiger charge is -2.19. The van der Waals surface area contributed by atoms with Gasteiger partial charge in [-0.15, -0.1) is 5.10 Å². The summed E-state index contributed by atoms with van der Waals surface area (Å²) in [6, 6.07) is 0. The number of aromatic amines is 1. The number of carbonyl (C=O) groups is 1. The van der Waals surface area contributed by atoms with Crippen LogP contribution in [0.3, 0.4) is 0 Å². The molecule has 0 fully saturated rings. The summed E-state index contributed by atoms with van der Waals surface area (Å²) in [5.41, 5.74) is -0.532. The van der Waals surface area contributed by atoms with E-state index in [0.29, 0.717) is 10.7 Å². The number of hydrogen-bond donors (Lipinski definition) is 2. The Labute approximate surface area is 92.6 Å². The van der Waals surface area contributed by atoms with Gasteiger partial charge in [-0.05, 0) is 33.0 Å². The fourth-order valence-electron chi connectivity index (χ4n) is 0.854. The lowest BCUT2D eigenvalue weighted by molar-refractivity contribution is 0.0634. The second-order valence-electron chi connectivity index (χ2n) is 4.04. The van der Waals surface area contributed by atoms with Gasteiger partial charge in [0.25, 0.3) is 0 Å². The second-order valence-corrected chi connectivity index (χ2v) is 4.42. The minimum Gasteiger partial charge on any atom is -0.444 e. The number of nitrogens with one attached hydrogen (secondary N) is 2. The lowest BCUT2D eigenvalue weighted by Crippen LogP contribution is -2.28. The largest absolute Gasteiger partial charge is 0.444 e. The Morgan fingerprint density at radius 2 is 2.20 bits per heavy atom. The monoisotopic (exact) mass is 230 g/mol. The van der Waals surface area contributed by atoms with E-state index in [4.69, 9.17) is 17.0 Å². The smallest absolute Gasteiger partial charge is 0.414 e. The lowest BCUT2D eigenvalue weighted by atomic mass is 10.2. The summed E-state index contributed by atoms with van der Waals surface area (Å²) in [6.45, 7) is 5.36. The molecule has 0 aromatic carbocycles. The van der Waals surface area contributed by atoms with Crippen molar-refractivity contribution in [1.82, 2.24) is 14.8 Å². The van der Waals surface area contributed by atoms with Crippen LogP contribution in [0.1, 0.15) is 20.8 Å². The summed E-state index contributed by atoms with van der Waals surface area (Å²) in [4.78, 5) is 11.4. The summed E-state index contributed by atoms with van der Waals surface area (Å²) in [5.74, 6) is 0.328.